The van der Waals surface area contributed by atoms with Gasteiger partial charge in [-0.1, -0.05) is 25.7 Å². The average Bonchev–Trinajstić information content (AvgIpc) is 2.53. The van der Waals surface area contributed by atoms with Gasteiger partial charge in [0.25, 0.3) is 0 Å². The van der Waals surface area contributed by atoms with Crippen LogP contribution in [-0.4, -0.2) is 31.1 Å². The molecule has 0 saturated carbocycles. The Labute approximate surface area is 140 Å². The highest BCUT2D eigenvalue weighted by Crippen LogP contribution is 2.13. The molecule has 1 aliphatic heterocycles. The molecule has 4 heteroatoms. The Morgan fingerprint density at radius 2 is 1.50 bits per heavy atom. The van der Waals surface area contributed by atoms with Crippen LogP contribution in [0, 0.1) is 5.82 Å². The van der Waals surface area contributed by atoms with E-state index in [9.17, 15) is 4.39 Å². The maximum Gasteiger partial charge on any atom is 0.123 e. The van der Waals surface area contributed by atoms with Gasteiger partial charge in [0.15, 0.2) is 0 Å². The maximum atomic E-state index is 12.7. The molecular weight excluding hydrogens is 301 g/mol. The summed E-state index contributed by atoms with van der Waals surface area (Å²) in [4.78, 5) is 2.61. The van der Waals surface area contributed by atoms with Gasteiger partial charge in [-0.05, 0) is 69.6 Å². The van der Waals surface area contributed by atoms with Crippen LogP contribution < -0.4 is 4.74 Å². The molecule has 0 aliphatic carbocycles. The smallest absolute Gasteiger partial charge is 0.123 e. The number of rotatable bonds is 9. The van der Waals surface area contributed by atoms with Gasteiger partial charge in [0.05, 0.1) is 6.61 Å². The molecule has 2 rings (SSSR count). The minimum atomic E-state index is -0.212. The summed E-state index contributed by atoms with van der Waals surface area (Å²) in [5.41, 5.74) is 0. The second-order valence-corrected chi connectivity index (χ2v) is 5.97. The molecule has 0 aromatic heterocycles. The zero-order valence-corrected chi connectivity index (χ0v) is 14.3. The lowest BCUT2D eigenvalue weighted by atomic mass is 10.1. The van der Waals surface area contributed by atoms with Gasteiger partial charge >= 0.3 is 0 Å². The van der Waals surface area contributed by atoms with Crippen LogP contribution in [0.1, 0.15) is 51.4 Å². The number of benzene rings is 1. The van der Waals surface area contributed by atoms with Crippen molar-refractivity contribution in [2.75, 3.05) is 26.2 Å². The summed E-state index contributed by atoms with van der Waals surface area (Å²) < 4.78 is 18.3. The monoisotopic (exact) mass is 329 g/mol. The van der Waals surface area contributed by atoms with Gasteiger partial charge in [-0.3, -0.25) is 0 Å². The average molecular weight is 330 g/mol. The van der Waals surface area contributed by atoms with E-state index in [0.717, 1.165) is 18.8 Å². The molecule has 0 atom stereocenters. The van der Waals surface area contributed by atoms with Crippen molar-refractivity contribution in [1.29, 1.82) is 0 Å². The van der Waals surface area contributed by atoms with Gasteiger partial charge in [-0.15, -0.1) is 12.4 Å². The first-order valence-electron chi connectivity index (χ1n) is 8.45. The number of hydrogen-bond acceptors (Lipinski definition) is 2. The van der Waals surface area contributed by atoms with Crippen molar-refractivity contribution < 1.29 is 9.13 Å². The Morgan fingerprint density at radius 3 is 2.23 bits per heavy atom. The second-order valence-electron chi connectivity index (χ2n) is 5.97. The fourth-order valence-electron chi connectivity index (χ4n) is 2.87. The first-order chi connectivity index (χ1) is 10.3. The topological polar surface area (TPSA) is 12.5 Å². The molecule has 0 amide bonds. The number of likely N-dealkylation sites (tertiary alicyclic amines) is 1. The van der Waals surface area contributed by atoms with Crippen molar-refractivity contribution in [1.82, 2.24) is 4.90 Å². The lowest BCUT2D eigenvalue weighted by Gasteiger charge is -2.26. The van der Waals surface area contributed by atoms with Gasteiger partial charge < -0.3 is 9.64 Å². The molecule has 22 heavy (non-hydrogen) atoms. The lowest BCUT2D eigenvalue weighted by Crippen LogP contribution is -2.30. The number of unbranched alkanes of at least 4 members (excludes halogenated alkanes) is 4. The molecule has 2 nitrogen and oxygen atoms in total. The summed E-state index contributed by atoms with van der Waals surface area (Å²) in [5, 5.41) is 0. The second kappa shape index (κ2) is 11.7. The highest BCUT2D eigenvalue weighted by molar-refractivity contribution is 5.85. The van der Waals surface area contributed by atoms with Crippen LogP contribution in [0.2, 0.25) is 0 Å². The van der Waals surface area contributed by atoms with E-state index in [1.807, 2.05) is 0 Å². The van der Waals surface area contributed by atoms with E-state index in [4.69, 9.17) is 4.74 Å². The standard InChI is InChI=1S/C18H28FNO.ClH/c19-17-9-11-18(12-10-17)21-16-8-3-1-2-5-13-20-14-6-4-7-15-20;/h9-12H,1-8,13-16H2;1H. The minimum absolute atomic E-state index is 0. The maximum absolute atomic E-state index is 12.7. The SMILES string of the molecule is Cl.Fc1ccc(OCCCCCCCN2CCCCC2)cc1. The molecule has 1 saturated heterocycles. The molecule has 0 unspecified atom stereocenters. The van der Waals surface area contributed by atoms with Crippen LogP contribution in [0.3, 0.4) is 0 Å². The summed E-state index contributed by atoms with van der Waals surface area (Å²) >= 11 is 0. The molecule has 1 heterocycles. The largest absolute Gasteiger partial charge is 0.494 e. The lowest BCUT2D eigenvalue weighted by molar-refractivity contribution is 0.223. The molecule has 1 fully saturated rings. The Hall–Kier alpha value is -0.800. The van der Waals surface area contributed by atoms with E-state index < -0.39 is 0 Å². The zero-order chi connectivity index (χ0) is 14.8. The summed E-state index contributed by atoms with van der Waals surface area (Å²) in [6.07, 6.45) is 10.5. The Morgan fingerprint density at radius 1 is 0.864 bits per heavy atom. The Balaban J connectivity index is 0.00000242. The Bertz CT molecular complexity index is 379. The van der Waals surface area contributed by atoms with E-state index in [2.05, 4.69) is 4.90 Å². The highest BCUT2D eigenvalue weighted by atomic mass is 35.5. The van der Waals surface area contributed by atoms with Crippen molar-refractivity contribution in [3.05, 3.63) is 30.1 Å². The summed E-state index contributed by atoms with van der Waals surface area (Å²) in [5.74, 6) is 0.553. The molecule has 1 aromatic rings. The highest BCUT2D eigenvalue weighted by Gasteiger charge is 2.08. The first-order valence-corrected chi connectivity index (χ1v) is 8.45. The van der Waals surface area contributed by atoms with Gasteiger partial charge in [-0.25, -0.2) is 4.39 Å². The summed E-state index contributed by atoms with van der Waals surface area (Å²) in [6.45, 7) is 4.64. The summed E-state index contributed by atoms with van der Waals surface area (Å²) in [6, 6.07) is 6.26. The summed E-state index contributed by atoms with van der Waals surface area (Å²) in [7, 11) is 0. The zero-order valence-electron chi connectivity index (χ0n) is 13.4. The van der Waals surface area contributed by atoms with Crippen molar-refractivity contribution in [3.8, 4) is 5.75 Å². The van der Waals surface area contributed by atoms with E-state index in [1.165, 1.54) is 76.7 Å². The van der Waals surface area contributed by atoms with E-state index in [0.29, 0.717) is 0 Å². The molecular formula is C18H29ClFNO. The normalized spacial score (nSPS) is 15.3. The third kappa shape index (κ3) is 8.00. The van der Waals surface area contributed by atoms with Crippen LogP contribution in [0.5, 0.6) is 5.75 Å². The Kier molecular flexibility index (Phi) is 10.3. The molecule has 0 bridgehead atoms. The molecule has 126 valence electrons. The van der Waals surface area contributed by atoms with Gasteiger partial charge in [0.1, 0.15) is 11.6 Å². The number of ether oxygens (including phenoxy) is 1. The van der Waals surface area contributed by atoms with Gasteiger partial charge in [-0.2, -0.15) is 0 Å². The van der Waals surface area contributed by atoms with Crippen LogP contribution in [0.25, 0.3) is 0 Å². The van der Waals surface area contributed by atoms with Gasteiger partial charge in [0.2, 0.25) is 0 Å². The molecule has 0 radical (unpaired) electrons. The number of hydrogen-bond donors (Lipinski definition) is 0. The van der Waals surface area contributed by atoms with Crippen molar-refractivity contribution >= 4 is 12.4 Å². The fourth-order valence-corrected chi connectivity index (χ4v) is 2.87. The van der Waals surface area contributed by atoms with E-state index in [1.54, 1.807) is 12.1 Å². The predicted molar refractivity (Wildman–Crippen MR) is 92.5 cm³/mol. The molecule has 0 N–H and O–H groups in total. The van der Waals surface area contributed by atoms with Crippen molar-refractivity contribution in [3.63, 3.8) is 0 Å². The number of nitrogens with zero attached hydrogens (tertiary/aromatic N) is 1. The predicted octanol–water partition coefficient (Wildman–Crippen LogP) is 5.06. The molecule has 1 aromatic carbocycles. The molecule has 1 aliphatic rings. The minimum Gasteiger partial charge on any atom is -0.494 e. The van der Waals surface area contributed by atoms with Crippen LogP contribution >= 0.6 is 12.4 Å². The van der Waals surface area contributed by atoms with Crippen LogP contribution in [0.15, 0.2) is 24.3 Å². The van der Waals surface area contributed by atoms with E-state index >= 15 is 0 Å². The third-order valence-corrected chi connectivity index (χ3v) is 4.15. The fraction of sp³-hybridized carbons (Fsp3) is 0.667. The number of piperidine rings is 1. The van der Waals surface area contributed by atoms with Crippen molar-refractivity contribution in [2.45, 2.75) is 51.4 Å². The first kappa shape index (κ1) is 19.2. The quantitative estimate of drug-likeness (QED) is 0.587. The number of halogens is 2. The molecule has 0 spiro atoms. The van der Waals surface area contributed by atoms with Crippen LogP contribution in [0.4, 0.5) is 4.39 Å². The van der Waals surface area contributed by atoms with Crippen LogP contribution in [-0.2, 0) is 0 Å². The van der Waals surface area contributed by atoms with E-state index in [-0.39, 0.29) is 18.2 Å². The van der Waals surface area contributed by atoms with Gasteiger partial charge in [0, 0.05) is 0 Å². The third-order valence-electron chi connectivity index (χ3n) is 4.15. The van der Waals surface area contributed by atoms with Crippen molar-refractivity contribution in [2.24, 2.45) is 0 Å².